The summed E-state index contributed by atoms with van der Waals surface area (Å²) in [7, 11) is 1.83. The van der Waals surface area contributed by atoms with Crippen LogP contribution in [0.4, 0.5) is 0 Å². The van der Waals surface area contributed by atoms with Gasteiger partial charge in [-0.1, -0.05) is 6.92 Å². The van der Waals surface area contributed by atoms with Crippen molar-refractivity contribution in [3.05, 3.63) is 11.6 Å². The zero-order valence-corrected chi connectivity index (χ0v) is 17.8. The quantitative estimate of drug-likeness (QED) is 0.398. The molecule has 1 aromatic rings. The highest BCUT2D eigenvalue weighted by Crippen LogP contribution is 2.14. The van der Waals surface area contributed by atoms with E-state index in [1.54, 1.807) is 0 Å². The lowest BCUT2D eigenvalue weighted by molar-refractivity contribution is 0.206. The summed E-state index contributed by atoms with van der Waals surface area (Å²) >= 11 is 0. The topological polar surface area (TPSA) is 70.4 Å². The maximum atomic E-state index is 4.37. The lowest BCUT2D eigenvalue weighted by Crippen LogP contribution is -2.48. The van der Waals surface area contributed by atoms with Gasteiger partial charge in [0.05, 0.1) is 6.54 Å². The van der Waals surface area contributed by atoms with Gasteiger partial charge in [-0.15, -0.1) is 34.2 Å². The van der Waals surface area contributed by atoms with Crippen LogP contribution in [0.3, 0.4) is 0 Å². The van der Waals surface area contributed by atoms with Crippen LogP contribution in [-0.2, 0) is 19.5 Å². The second kappa shape index (κ2) is 10.3. The fraction of sp³-hybridized carbons (Fsp3) is 0.824. The molecule has 25 heavy (non-hydrogen) atoms. The molecule has 0 atom stereocenters. The summed E-state index contributed by atoms with van der Waals surface area (Å²) in [4.78, 5) is 6.92. The Kier molecular flexibility index (Phi) is 8.41. The number of hydrogen-bond acceptors (Lipinski definition) is 4. The van der Waals surface area contributed by atoms with Gasteiger partial charge in [-0.2, -0.15) is 0 Å². The molecule has 0 bridgehead atoms. The Balaban J connectivity index is 0.00000225. The van der Waals surface area contributed by atoms with E-state index >= 15 is 0 Å². The Bertz CT molecular complexity index is 549. The number of aryl methyl sites for hydroxylation is 1. The number of nitrogens with zero attached hydrogens (tertiary/aromatic N) is 5. The first-order valence-electron chi connectivity index (χ1n) is 9.40. The molecule has 0 aliphatic carbocycles. The molecule has 1 saturated heterocycles. The number of halogens is 1. The fourth-order valence-corrected chi connectivity index (χ4v) is 3.67. The third kappa shape index (κ3) is 5.54. The smallest absolute Gasteiger partial charge is 0.191 e. The number of aromatic nitrogens is 3. The Morgan fingerprint density at radius 1 is 1.20 bits per heavy atom. The average Bonchev–Trinajstić information content (AvgIpc) is 3.03. The van der Waals surface area contributed by atoms with Gasteiger partial charge in [0.2, 0.25) is 0 Å². The van der Waals surface area contributed by atoms with Crippen LogP contribution in [0.15, 0.2) is 4.99 Å². The Labute approximate surface area is 168 Å². The van der Waals surface area contributed by atoms with Gasteiger partial charge in [0.15, 0.2) is 11.8 Å². The lowest BCUT2D eigenvalue weighted by atomic mass is 10.1. The van der Waals surface area contributed by atoms with E-state index in [-0.39, 0.29) is 24.0 Å². The molecule has 8 heteroatoms. The van der Waals surface area contributed by atoms with Crippen LogP contribution in [0.1, 0.15) is 50.7 Å². The van der Waals surface area contributed by atoms with Gasteiger partial charge >= 0.3 is 0 Å². The van der Waals surface area contributed by atoms with E-state index in [1.807, 2.05) is 7.05 Å². The highest BCUT2D eigenvalue weighted by molar-refractivity contribution is 14.0. The number of nitrogens with one attached hydrogen (secondary N) is 2. The maximum Gasteiger partial charge on any atom is 0.191 e. The molecule has 3 heterocycles. The van der Waals surface area contributed by atoms with Crippen LogP contribution < -0.4 is 10.6 Å². The highest BCUT2D eigenvalue weighted by atomic mass is 127. The van der Waals surface area contributed by atoms with Crippen LogP contribution in [0.5, 0.6) is 0 Å². The number of rotatable bonds is 5. The average molecular weight is 461 g/mol. The van der Waals surface area contributed by atoms with Crippen LogP contribution in [-0.4, -0.2) is 58.3 Å². The Morgan fingerprint density at radius 3 is 2.72 bits per heavy atom. The van der Waals surface area contributed by atoms with Crippen molar-refractivity contribution >= 4 is 29.9 Å². The fourth-order valence-electron chi connectivity index (χ4n) is 3.67. The van der Waals surface area contributed by atoms with Crippen molar-refractivity contribution in [1.29, 1.82) is 0 Å². The van der Waals surface area contributed by atoms with Gasteiger partial charge < -0.3 is 20.1 Å². The largest absolute Gasteiger partial charge is 0.354 e. The Hall–Kier alpha value is -0.900. The molecule has 1 fully saturated rings. The SMILES string of the molecule is CCCN1CCC(NC(=NC)NCc2nnc3n2CCCC3)CC1.I. The molecular formula is C17H32IN7. The molecule has 0 amide bonds. The van der Waals surface area contributed by atoms with Gasteiger partial charge in [0.25, 0.3) is 0 Å². The van der Waals surface area contributed by atoms with E-state index in [9.17, 15) is 0 Å². The minimum atomic E-state index is 0. The second-order valence-electron chi connectivity index (χ2n) is 6.83. The van der Waals surface area contributed by atoms with Gasteiger partial charge in [0.1, 0.15) is 5.82 Å². The molecule has 142 valence electrons. The summed E-state index contributed by atoms with van der Waals surface area (Å²) in [5.41, 5.74) is 0. The summed E-state index contributed by atoms with van der Waals surface area (Å²) in [6.07, 6.45) is 7.11. The maximum absolute atomic E-state index is 4.37. The molecule has 0 unspecified atom stereocenters. The first-order valence-corrected chi connectivity index (χ1v) is 9.40. The number of piperidine rings is 1. The highest BCUT2D eigenvalue weighted by Gasteiger charge is 2.20. The molecule has 2 aliphatic rings. The van der Waals surface area contributed by atoms with Crippen LogP contribution in [0.25, 0.3) is 0 Å². The predicted molar refractivity (Wildman–Crippen MR) is 111 cm³/mol. The van der Waals surface area contributed by atoms with E-state index in [1.165, 1.54) is 51.7 Å². The summed E-state index contributed by atoms with van der Waals surface area (Å²) < 4.78 is 2.26. The molecule has 1 aromatic heterocycles. The zero-order chi connectivity index (χ0) is 16.8. The summed E-state index contributed by atoms with van der Waals surface area (Å²) in [6, 6.07) is 0.511. The summed E-state index contributed by atoms with van der Waals surface area (Å²) in [6.45, 7) is 7.56. The second-order valence-corrected chi connectivity index (χ2v) is 6.83. The van der Waals surface area contributed by atoms with Gasteiger partial charge in [-0.25, -0.2) is 0 Å². The molecule has 0 aromatic carbocycles. The molecule has 0 radical (unpaired) electrons. The van der Waals surface area contributed by atoms with Gasteiger partial charge in [-0.05, 0) is 38.6 Å². The molecule has 2 aliphatic heterocycles. The number of hydrogen-bond donors (Lipinski definition) is 2. The van der Waals surface area contributed by atoms with Crippen molar-refractivity contribution in [3.8, 4) is 0 Å². The third-order valence-corrected chi connectivity index (χ3v) is 5.04. The number of fused-ring (bicyclic) bond motifs is 1. The minimum Gasteiger partial charge on any atom is -0.354 e. The van der Waals surface area contributed by atoms with E-state index in [2.05, 4.69) is 42.2 Å². The zero-order valence-electron chi connectivity index (χ0n) is 15.5. The normalized spacial score (nSPS) is 19.2. The molecule has 7 nitrogen and oxygen atoms in total. The van der Waals surface area contributed by atoms with Crippen molar-refractivity contribution in [3.63, 3.8) is 0 Å². The number of likely N-dealkylation sites (tertiary alicyclic amines) is 1. The molecular weight excluding hydrogens is 429 g/mol. The van der Waals surface area contributed by atoms with E-state index in [0.717, 1.165) is 30.6 Å². The summed E-state index contributed by atoms with van der Waals surface area (Å²) in [5.74, 6) is 3.02. The van der Waals surface area contributed by atoms with E-state index < -0.39 is 0 Å². The van der Waals surface area contributed by atoms with Crippen LogP contribution in [0.2, 0.25) is 0 Å². The Morgan fingerprint density at radius 2 is 2.00 bits per heavy atom. The lowest BCUT2D eigenvalue weighted by Gasteiger charge is -2.32. The van der Waals surface area contributed by atoms with Crippen molar-refractivity contribution in [2.75, 3.05) is 26.7 Å². The first kappa shape index (κ1) is 20.4. The molecule has 2 N–H and O–H groups in total. The summed E-state index contributed by atoms with van der Waals surface area (Å²) in [5, 5.41) is 15.6. The molecule has 0 saturated carbocycles. The van der Waals surface area contributed by atoms with Crippen molar-refractivity contribution < 1.29 is 0 Å². The predicted octanol–water partition coefficient (Wildman–Crippen LogP) is 1.77. The van der Waals surface area contributed by atoms with Crippen molar-refractivity contribution in [2.24, 2.45) is 4.99 Å². The number of guanidine groups is 1. The minimum absolute atomic E-state index is 0. The molecule has 3 rings (SSSR count). The third-order valence-electron chi connectivity index (χ3n) is 5.04. The number of aliphatic imine (C=N–C) groups is 1. The van der Waals surface area contributed by atoms with Gasteiger partial charge in [0, 0.05) is 39.1 Å². The van der Waals surface area contributed by atoms with Crippen molar-refractivity contribution in [1.82, 2.24) is 30.3 Å². The van der Waals surface area contributed by atoms with Crippen LogP contribution in [0, 0.1) is 0 Å². The van der Waals surface area contributed by atoms with Gasteiger partial charge in [-0.3, -0.25) is 4.99 Å². The standard InChI is InChI=1S/C17H31N7.HI/c1-3-9-23-11-7-14(8-12-23)20-17(18-2)19-13-16-22-21-15-6-4-5-10-24(15)16;/h14H,3-13H2,1-2H3,(H2,18,19,20);1H. The monoisotopic (exact) mass is 461 g/mol. The molecule has 0 spiro atoms. The van der Waals surface area contributed by atoms with Crippen LogP contribution >= 0.6 is 24.0 Å². The van der Waals surface area contributed by atoms with Crippen molar-refractivity contribution in [2.45, 2.75) is 64.6 Å². The first-order chi connectivity index (χ1) is 11.8. The van der Waals surface area contributed by atoms with E-state index in [0.29, 0.717) is 12.6 Å². The van der Waals surface area contributed by atoms with E-state index in [4.69, 9.17) is 0 Å².